The summed E-state index contributed by atoms with van der Waals surface area (Å²) in [6.07, 6.45) is 4.70. The largest absolute Gasteiger partial charge is 0.508 e. The number of phenols is 1. The van der Waals surface area contributed by atoms with Crippen molar-refractivity contribution in [2.45, 2.75) is 12.3 Å². The summed E-state index contributed by atoms with van der Waals surface area (Å²) in [5.41, 5.74) is 1.27. The molecule has 10 heteroatoms. The summed E-state index contributed by atoms with van der Waals surface area (Å²) in [4.78, 5) is 35.7. The highest BCUT2D eigenvalue weighted by Crippen LogP contribution is 2.46. The van der Waals surface area contributed by atoms with Gasteiger partial charge in [0.05, 0.1) is 32.3 Å². The Morgan fingerprint density at radius 3 is 2.70 bits per heavy atom. The molecule has 2 aromatic carbocycles. The van der Waals surface area contributed by atoms with Gasteiger partial charge in [-0.3, -0.25) is 9.59 Å². The monoisotopic (exact) mass is 503 g/mol. The predicted molar refractivity (Wildman–Crippen MR) is 131 cm³/mol. The van der Waals surface area contributed by atoms with E-state index in [2.05, 4.69) is 9.97 Å². The summed E-state index contributed by atoms with van der Waals surface area (Å²) in [6, 6.07) is 11.8. The SMILES string of the molecule is COC(=O)CC(c1cccc(Oc2ncccn2)c1)c1c(O)ccc2c1O/C(=C\N1CCOCC1)C2=O. The molecule has 1 aromatic heterocycles. The molecule has 0 bridgehead atoms. The molecule has 1 saturated heterocycles. The molecule has 3 aromatic rings. The first-order chi connectivity index (χ1) is 18.0. The fraction of sp³-hybridized carbons (Fsp3) is 0.259. The average Bonchev–Trinajstić information content (AvgIpc) is 3.23. The van der Waals surface area contributed by atoms with Gasteiger partial charge in [-0.15, -0.1) is 0 Å². The summed E-state index contributed by atoms with van der Waals surface area (Å²) in [7, 11) is 1.30. The third-order valence-corrected chi connectivity index (χ3v) is 6.16. The molecule has 2 aliphatic heterocycles. The predicted octanol–water partition coefficient (Wildman–Crippen LogP) is 3.42. The van der Waals surface area contributed by atoms with Crippen LogP contribution in [0.3, 0.4) is 0 Å². The molecule has 0 saturated carbocycles. The van der Waals surface area contributed by atoms with Crippen molar-refractivity contribution in [3.8, 4) is 23.3 Å². The van der Waals surface area contributed by atoms with Crippen LogP contribution in [0.5, 0.6) is 23.3 Å². The zero-order valence-electron chi connectivity index (χ0n) is 20.1. The first kappa shape index (κ1) is 24.3. The highest BCUT2D eigenvalue weighted by atomic mass is 16.5. The van der Waals surface area contributed by atoms with E-state index in [4.69, 9.17) is 18.9 Å². The Balaban J connectivity index is 1.53. The topological polar surface area (TPSA) is 120 Å². The summed E-state index contributed by atoms with van der Waals surface area (Å²) in [6.45, 7) is 2.39. The van der Waals surface area contributed by atoms with Gasteiger partial charge < -0.3 is 29.0 Å². The van der Waals surface area contributed by atoms with Crippen molar-refractivity contribution in [1.29, 1.82) is 0 Å². The number of ketones is 1. The molecule has 1 N–H and O–H groups in total. The molecule has 190 valence electrons. The smallest absolute Gasteiger partial charge is 0.321 e. The fourth-order valence-electron chi connectivity index (χ4n) is 4.34. The molecule has 1 fully saturated rings. The molecular formula is C27H25N3O7. The summed E-state index contributed by atoms with van der Waals surface area (Å²) in [5, 5.41) is 10.9. The second kappa shape index (κ2) is 10.7. The number of esters is 1. The van der Waals surface area contributed by atoms with Gasteiger partial charge in [0.25, 0.3) is 0 Å². The van der Waals surface area contributed by atoms with Crippen molar-refractivity contribution in [3.63, 3.8) is 0 Å². The zero-order valence-corrected chi connectivity index (χ0v) is 20.1. The summed E-state index contributed by atoms with van der Waals surface area (Å²) < 4.78 is 22.1. The van der Waals surface area contributed by atoms with Crippen LogP contribution in [-0.4, -0.2) is 65.1 Å². The lowest BCUT2D eigenvalue weighted by molar-refractivity contribution is -0.140. The van der Waals surface area contributed by atoms with Gasteiger partial charge >= 0.3 is 12.0 Å². The van der Waals surface area contributed by atoms with E-state index >= 15 is 0 Å². The second-order valence-corrected chi connectivity index (χ2v) is 8.49. The number of phenolic OH excluding ortho intramolecular Hbond substituents is 1. The maximum atomic E-state index is 13.2. The van der Waals surface area contributed by atoms with Gasteiger partial charge in [-0.25, -0.2) is 9.97 Å². The van der Waals surface area contributed by atoms with Gasteiger partial charge in [0.15, 0.2) is 5.76 Å². The highest BCUT2D eigenvalue weighted by molar-refractivity contribution is 6.12. The number of aromatic nitrogens is 2. The van der Waals surface area contributed by atoms with E-state index in [0.717, 1.165) is 0 Å². The quantitative estimate of drug-likeness (QED) is 0.379. The number of aromatic hydroxyl groups is 1. The van der Waals surface area contributed by atoms with E-state index in [1.165, 1.54) is 19.2 Å². The van der Waals surface area contributed by atoms with Gasteiger partial charge in [-0.05, 0) is 35.9 Å². The second-order valence-electron chi connectivity index (χ2n) is 8.49. The van der Waals surface area contributed by atoms with Crippen LogP contribution in [0.2, 0.25) is 0 Å². The lowest BCUT2D eigenvalue weighted by Gasteiger charge is -2.25. The molecular weight excluding hydrogens is 478 g/mol. The molecule has 2 aliphatic rings. The van der Waals surface area contributed by atoms with Crippen molar-refractivity contribution in [3.05, 3.63) is 83.5 Å². The van der Waals surface area contributed by atoms with Crippen molar-refractivity contribution in [2.75, 3.05) is 33.4 Å². The molecule has 0 radical (unpaired) electrons. The minimum Gasteiger partial charge on any atom is -0.508 e. The van der Waals surface area contributed by atoms with Crippen LogP contribution in [-0.2, 0) is 14.3 Å². The van der Waals surface area contributed by atoms with Crippen molar-refractivity contribution in [1.82, 2.24) is 14.9 Å². The highest BCUT2D eigenvalue weighted by Gasteiger charge is 2.36. The van der Waals surface area contributed by atoms with Gasteiger partial charge in [-0.1, -0.05) is 12.1 Å². The Bertz CT molecular complexity index is 1340. The zero-order chi connectivity index (χ0) is 25.8. The molecule has 5 rings (SSSR count). The fourth-order valence-corrected chi connectivity index (χ4v) is 4.34. The van der Waals surface area contributed by atoms with Gasteiger partial charge in [0, 0.05) is 43.2 Å². The molecule has 3 heterocycles. The van der Waals surface area contributed by atoms with Crippen LogP contribution in [0.15, 0.2) is 66.8 Å². The lowest BCUT2D eigenvalue weighted by Crippen LogP contribution is -2.32. The molecule has 0 spiro atoms. The van der Waals surface area contributed by atoms with E-state index in [9.17, 15) is 14.7 Å². The Hall–Kier alpha value is -4.44. The third kappa shape index (κ3) is 5.24. The Labute approximate surface area is 213 Å². The molecule has 0 amide bonds. The van der Waals surface area contributed by atoms with Crippen LogP contribution in [0.25, 0.3) is 0 Å². The number of hydrogen-bond donors (Lipinski definition) is 1. The Morgan fingerprint density at radius 2 is 1.95 bits per heavy atom. The minimum atomic E-state index is -0.696. The summed E-state index contributed by atoms with van der Waals surface area (Å²) >= 11 is 0. The number of morpholine rings is 1. The first-order valence-electron chi connectivity index (χ1n) is 11.8. The summed E-state index contributed by atoms with van der Waals surface area (Å²) in [5.74, 6) is -0.777. The van der Waals surface area contributed by atoms with E-state index in [1.54, 1.807) is 48.9 Å². The number of allylic oxidation sites excluding steroid dienone is 1. The lowest BCUT2D eigenvalue weighted by atomic mass is 9.86. The van der Waals surface area contributed by atoms with Gasteiger partial charge in [0.1, 0.15) is 17.2 Å². The average molecular weight is 504 g/mol. The van der Waals surface area contributed by atoms with Crippen molar-refractivity contribution >= 4 is 11.8 Å². The molecule has 1 unspecified atom stereocenters. The van der Waals surface area contributed by atoms with Crippen LogP contribution in [0.1, 0.15) is 33.8 Å². The maximum Gasteiger partial charge on any atom is 0.321 e. The number of hydrogen-bond acceptors (Lipinski definition) is 10. The standard InChI is InChI=1S/C27H25N3O7/c1-34-23(32)15-20(17-4-2-5-18(14-17)36-27-28-8-3-9-29-27)24-21(31)7-6-19-25(33)22(37-26(19)24)16-30-10-12-35-13-11-30/h2-9,14,16,20,31H,10-13,15H2,1H3/b22-16-. The van der Waals surface area contributed by atoms with E-state index < -0.39 is 11.9 Å². The van der Waals surface area contributed by atoms with Crippen molar-refractivity contribution < 1.29 is 33.6 Å². The number of fused-ring (bicyclic) bond motifs is 1. The number of ether oxygens (including phenoxy) is 4. The van der Waals surface area contributed by atoms with E-state index in [-0.39, 0.29) is 35.5 Å². The van der Waals surface area contributed by atoms with Crippen LogP contribution in [0, 0.1) is 0 Å². The Morgan fingerprint density at radius 1 is 1.16 bits per heavy atom. The van der Waals surface area contributed by atoms with Gasteiger partial charge in [-0.2, -0.15) is 0 Å². The molecule has 0 aliphatic carbocycles. The van der Waals surface area contributed by atoms with Gasteiger partial charge in [0.2, 0.25) is 5.78 Å². The maximum absolute atomic E-state index is 13.2. The number of carbonyl (C=O) groups excluding carboxylic acids is 2. The van der Waals surface area contributed by atoms with Crippen molar-refractivity contribution in [2.24, 2.45) is 0 Å². The van der Waals surface area contributed by atoms with E-state index in [0.29, 0.717) is 48.7 Å². The van der Waals surface area contributed by atoms with E-state index in [1.807, 2.05) is 4.90 Å². The van der Waals surface area contributed by atoms with Crippen LogP contribution < -0.4 is 9.47 Å². The molecule has 10 nitrogen and oxygen atoms in total. The Kier molecular flexibility index (Phi) is 7.00. The number of rotatable bonds is 7. The normalized spacial score (nSPS) is 16.7. The number of carbonyl (C=O) groups is 2. The van der Waals surface area contributed by atoms with Crippen LogP contribution in [0.4, 0.5) is 0 Å². The molecule has 1 atom stereocenters. The first-order valence-corrected chi connectivity index (χ1v) is 11.8. The number of methoxy groups -OCH3 is 1. The molecule has 37 heavy (non-hydrogen) atoms. The number of Topliss-reactive ketones (excluding diaryl/α,β-unsaturated/α-hetero) is 1. The third-order valence-electron chi connectivity index (χ3n) is 6.16. The number of benzene rings is 2. The number of nitrogens with zero attached hydrogens (tertiary/aromatic N) is 3. The minimum absolute atomic E-state index is 0.105. The van der Waals surface area contributed by atoms with Crippen LogP contribution >= 0.6 is 0 Å².